The second-order valence-electron chi connectivity index (χ2n) is 6.39. The number of hydrogen-bond acceptors (Lipinski definition) is 6. The van der Waals surface area contributed by atoms with E-state index in [2.05, 4.69) is 15.9 Å². The van der Waals surface area contributed by atoms with E-state index in [1.54, 1.807) is 60.7 Å². The predicted molar refractivity (Wildman–Crippen MR) is 130 cm³/mol. The molecule has 1 fully saturated rings. The second-order valence-corrected chi connectivity index (χ2v) is 9.32. The van der Waals surface area contributed by atoms with Crippen LogP contribution in [0.5, 0.6) is 0 Å². The van der Waals surface area contributed by atoms with E-state index >= 15 is 0 Å². The van der Waals surface area contributed by atoms with E-state index in [4.69, 9.17) is 33.0 Å². The number of hydrogen-bond donors (Lipinski definition) is 0. The number of carbonyl (C=O) groups is 2. The smallest absolute Gasteiger partial charge is 0.337 e. The average molecular weight is 535 g/mol. The number of amides is 1. The average Bonchev–Trinajstić information content (AvgIpc) is 3.34. The number of anilines is 1. The van der Waals surface area contributed by atoms with Crippen molar-refractivity contribution in [3.8, 4) is 11.3 Å². The summed E-state index contributed by atoms with van der Waals surface area (Å²) >= 11 is 16.1. The standard InChI is InChI=1S/C22H13BrClNO4S2/c1-28-21(27)13-4-2-12(3-5-13)18-9-7-15(29-18)11-19-20(26)25(22(30)31-19)14-6-8-16(23)17(24)10-14/h2-11H,1H3/b19-11+. The van der Waals surface area contributed by atoms with Gasteiger partial charge < -0.3 is 9.15 Å². The zero-order chi connectivity index (χ0) is 22.1. The fraction of sp³-hybridized carbons (Fsp3) is 0.0455. The lowest BCUT2D eigenvalue weighted by atomic mass is 10.1. The molecule has 3 aromatic rings. The predicted octanol–water partition coefficient (Wildman–Crippen LogP) is 6.55. The van der Waals surface area contributed by atoms with Gasteiger partial charge in [-0.25, -0.2) is 4.79 Å². The van der Waals surface area contributed by atoms with Crippen molar-refractivity contribution in [3.63, 3.8) is 0 Å². The minimum absolute atomic E-state index is 0.242. The van der Waals surface area contributed by atoms with Crippen molar-refractivity contribution in [2.45, 2.75) is 0 Å². The number of carbonyl (C=O) groups excluding carboxylic acids is 2. The molecule has 0 spiro atoms. The molecule has 1 aliphatic heterocycles. The van der Waals surface area contributed by atoms with Gasteiger partial charge in [-0.1, -0.05) is 47.7 Å². The summed E-state index contributed by atoms with van der Waals surface area (Å²) in [6, 6.07) is 15.7. The normalized spacial score (nSPS) is 15.1. The van der Waals surface area contributed by atoms with Crippen molar-refractivity contribution in [3.05, 3.63) is 80.3 Å². The fourth-order valence-corrected chi connectivity index (χ4v) is 4.62. The van der Waals surface area contributed by atoms with Crippen molar-refractivity contribution >= 4 is 79.5 Å². The van der Waals surface area contributed by atoms with Gasteiger partial charge in [-0.05, 0) is 58.4 Å². The maximum atomic E-state index is 12.9. The monoisotopic (exact) mass is 533 g/mol. The Morgan fingerprint density at radius 2 is 1.94 bits per heavy atom. The zero-order valence-corrected chi connectivity index (χ0v) is 19.9. The molecule has 0 aliphatic carbocycles. The maximum absolute atomic E-state index is 12.9. The molecule has 1 aromatic heterocycles. The number of furan rings is 1. The minimum atomic E-state index is -0.402. The molecule has 0 bridgehead atoms. The van der Waals surface area contributed by atoms with Crippen LogP contribution in [0.1, 0.15) is 16.1 Å². The molecule has 0 unspecified atom stereocenters. The first kappa shape index (κ1) is 21.8. The van der Waals surface area contributed by atoms with Gasteiger partial charge in [0.1, 0.15) is 11.5 Å². The molecule has 0 radical (unpaired) electrons. The van der Waals surface area contributed by atoms with Crippen LogP contribution in [0.25, 0.3) is 17.4 Å². The Morgan fingerprint density at radius 1 is 1.19 bits per heavy atom. The zero-order valence-electron chi connectivity index (χ0n) is 15.9. The number of benzene rings is 2. The van der Waals surface area contributed by atoms with Gasteiger partial charge >= 0.3 is 5.97 Å². The highest BCUT2D eigenvalue weighted by Gasteiger charge is 2.33. The Kier molecular flexibility index (Phi) is 6.34. The lowest BCUT2D eigenvalue weighted by Gasteiger charge is -2.15. The van der Waals surface area contributed by atoms with E-state index in [9.17, 15) is 9.59 Å². The first-order valence-electron chi connectivity index (χ1n) is 8.89. The number of halogens is 2. The first-order valence-corrected chi connectivity index (χ1v) is 11.3. The van der Waals surface area contributed by atoms with Crippen LogP contribution in [0.2, 0.25) is 5.02 Å². The van der Waals surface area contributed by atoms with Gasteiger partial charge in [0.15, 0.2) is 4.32 Å². The Morgan fingerprint density at radius 3 is 2.61 bits per heavy atom. The highest BCUT2D eigenvalue weighted by Crippen LogP contribution is 2.38. The molecule has 5 nitrogen and oxygen atoms in total. The largest absolute Gasteiger partial charge is 0.465 e. The SMILES string of the molecule is COC(=O)c1ccc(-c2ccc(/C=C3/SC(=S)N(c4ccc(Br)c(Cl)c4)C3=O)o2)cc1. The first-order chi connectivity index (χ1) is 14.9. The molecule has 156 valence electrons. The molecule has 1 saturated heterocycles. The molecule has 2 aromatic carbocycles. The summed E-state index contributed by atoms with van der Waals surface area (Å²) in [7, 11) is 1.34. The lowest BCUT2D eigenvalue weighted by Crippen LogP contribution is -2.27. The molecule has 0 N–H and O–H groups in total. The summed E-state index contributed by atoms with van der Waals surface area (Å²) in [6.07, 6.45) is 1.66. The molecule has 31 heavy (non-hydrogen) atoms. The third-order valence-electron chi connectivity index (χ3n) is 4.45. The van der Waals surface area contributed by atoms with Gasteiger partial charge in [0, 0.05) is 16.1 Å². The molecule has 0 saturated carbocycles. The Bertz CT molecular complexity index is 1240. The van der Waals surface area contributed by atoms with Crippen molar-refractivity contribution in [1.29, 1.82) is 0 Å². The van der Waals surface area contributed by atoms with Crippen LogP contribution in [0, 0.1) is 0 Å². The summed E-state index contributed by atoms with van der Waals surface area (Å²) in [5, 5.41) is 0.490. The topological polar surface area (TPSA) is 59.8 Å². The number of ether oxygens (including phenoxy) is 1. The van der Waals surface area contributed by atoms with E-state index in [-0.39, 0.29) is 5.91 Å². The molecule has 1 amide bonds. The third-order valence-corrected chi connectivity index (χ3v) is 6.98. The number of esters is 1. The number of thioether (sulfide) groups is 1. The van der Waals surface area contributed by atoms with Crippen LogP contribution in [0.4, 0.5) is 5.69 Å². The number of rotatable bonds is 4. The van der Waals surface area contributed by atoms with Crippen LogP contribution in [0.15, 0.2) is 68.4 Å². The van der Waals surface area contributed by atoms with E-state index in [1.807, 2.05) is 0 Å². The molecule has 0 atom stereocenters. The van der Waals surface area contributed by atoms with Crippen LogP contribution < -0.4 is 4.90 Å². The summed E-state index contributed by atoms with van der Waals surface area (Å²) in [4.78, 5) is 26.4. The molecular formula is C22H13BrClNO4S2. The van der Waals surface area contributed by atoms with Crippen LogP contribution >= 0.6 is 51.5 Å². The third kappa shape index (κ3) is 4.48. The summed E-state index contributed by atoms with van der Waals surface area (Å²) in [5.41, 5.74) is 1.85. The summed E-state index contributed by atoms with van der Waals surface area (Å²) in [5.74, 6) is 0.480. The highest BCUT2D eigenvalue weighted by molar-refractivity contribution is 9.10. The Labute approximate surface area is 201 Å². The minimum Gasteiger partial charge on any atom is -0.465 e. The van der Waals surface area contributed by atoms with E-state index in [0.717, 1.165) is 10.0 Å². The maximum Gasteiger partial charge on any atom is 0.337 e. The van der Waals surface area contributed by atoms with Gasteiger partial charge in [0.2, 0.25) is 0 Å². The molecule has 9 heteroatoms. The Hall–Kier alpha value is -2.39. The van der Waals surface area contributed by atoms with Crippen LogP contribution in [-0.2, 0) is 9.53 Å². The molecule has 4 rings (SSSR count). The van der Waals surface area contributed by atoms with Crippen molar-refractivity contribution in [1.82, 2.24) is 0 Å². The fourth-order valence-electron chi connectivity index (χ4n) is 2.92. The quantitative estimate of drug-likeness (QED) is 0.215. The van der Waals surface area contributed by atoms with Crippen molar-refractivity contribution in [2.75, 3.05) is 12.0 Å². The van der Waals surface area contributed by atoms with E-state index in [0.29, 0.717) is 37.0 Å². The number of thiocarbonyl (C=S) groups is 1. The van der Waals surface area contributed by atoms with Crippen LogP contribution in [0.3, 0.4) is 0 Å². The summed E-state index contributed by atoms with van der Waals surface area (Å²) < 4.78 is 11.7. The molecular weight excluding hydrogens is 522 g/mol. The molecule has 1 aliphatic rings. The van der Waals surface area contributed by atoms with Gasteiger partial charge in [-0.15, -0.1) is 0 Å². The van der Waals surface area contributed by atoms with E-state index in [1.165, 1.54) is 23.8 Å². The van der Waals surface area contributed by atoms with Crippen LogP contribution in [-0.4, -0.2) is 23.3 Å². The van der Waals surface area contributed by atoms with Crippen molar-refractivity contribution in [2.24, 2.45) is 0 Å². The van der Waals surface area contributed by atoms with Gasteiger partial charge in [0.05, 0.1) is 28.3 Å². The van der Waals surface area contributed by atoms with Gasteiger partial charge in [-0.2, -0.15) is 0 Å². The van der Waals surface area contributed by atoms with Gasteiger partial charge in [0.25, 0.3) is 5.91 Å². The highest BCUT2D eigenvalue weighted by atomic mass is 79.9. The lowest BCUT2D eigenvalue weighted by molar-refractivity contribution is -0.113. The van der Waals surface area contributed by atoms with Crippen molar-refractivity contribution < 1.29 is 18.7 Å². The Balaban J connectivity index is 1.56. The second kappa shape index (κ2) is 9.00. The van der Waals surface area contributed by atoms with E-state index < -0.39 is 5.97 Å². The number of methoxy groups -OCH3 is 1. The number of nitrogens with zero attached hydrogens (tertiary/aromatic N) is 1. The van der Waals surface area contributed by atoms with Gasteiger partial charge in [-0.3, -0.25) is 9.69 Å². The summed E-state index contributed by atoms with van der Waals surface area (Å²) in [6.45, 7) is 0. The molecule has 2 heterocycles.